The van der Waals surface area contributed by atoms with E-state index in [9.17, 15) is 5.11 Å². The van der Waals surface area contributed by atoms with E-state index in [1.807, 2.05) is 24.4 Å². The van der Waals surface area contributed by atoms with Gasteiger partial charge in [0.05, 0.1) is 26.5 Å². The van der Waals surface area contributed by atoms with Crippen LogP contribution in [0.15, 0.2) is 73.1 Å². The van der Waals surface area contributed by atoms with Gasteiger partial charge in [0.15, 0.2) is 11.5 Å². The Kier molecular flexibility index (Phi) is 4.81. The summed E-state index contributed by atoms with van der Waals surface area (Å²) in [7, 11) is 3.16. The SMILES string of the molecule is COc1cc(-c2nccc3ccc(-c4ccc5[nH]ccc5c4)cc23)cc(CO)c1OC. The van der Waals surface area contributed by atoms with Crippen LogP contribution in [0.1, 0.15) is 5.56 Å². The third-order valence-electron chi connectivity index (χ3n) is 5.65. The number of aromatic nitrogens is 2. The van der Waals surface area contributed by atoms with Crippen LogP contribution in [0.25, 0.3) is 44.1 Å². The highest BCUT2D eigenvalue weighted by Gasteiger charge is 2.15. The van der Waals surface area contributed by atoms with Crippen LogP contribution < -0.4 is 9.47 Å². The molecule has 5 aromatic rings. The van der Waals surface area contributed by atoms with Crippen LogP contribution in [0.2, 0.25) is 0 Å². The highest BCUT2D eigenvalue weighted by Crippen LogP contribution is 2.38. The van der Waals surface area contributed by atoms with Gasteiger partial charge in [0.2, 0.25) is 0 Å². The fourth-order valence-electron chi connectivity index (χ4n) is 4.11. The molecule has 2 N–H and O–H groups in total. The maximum absolute atomic E-state index is 9.86. The fraction of sp³-hybridized carbons (Fsp3) is 0.115. The van der Waals surface area contributed by atoms with Gasteiger partial charge in [-0.25, -0.2) is 0 Å². The van der Waals surface area contributed by atoms with Gasteiger partial charge in [-0.2, -0.15) is 0 Å². The largest absolute Gasteiger partial charge is 0.493 e. The van der Waals surface area contributed by atoms with Crippen molar-refractivity contribution >= 4 is 21.7 Å². The van der Waals surface area contributed by atoms with Gasteiger partial charge in [-0.15, -0.1) is 0 Å². The van der Waals surface area contributed by atoms with E-state index in [1.54, 1.807) is 20.4 Å². The lowest BCUT2D eigenvalue weighted by Crippen LogP contribution is -1.98. The summed E-state index contributed by atoms with van der Waals surface area (Å²) in [4.78, 5) is 7.91. The summed E-state index contributed by atoms with van der Waals surface area (Å²) in [5.74, 6) is 1.10. The van der Waals surface area contributed by atoms with Gasteiger partial charge >= 0.3 is 0 Å². The molecule has 0 saturated heterocycles. The highest BCUT2D eigenvalue weighted by molar-refractivity contribution is 5.98. The number of hydrogen-bond acceptors (Lipinski definition) is 4. The van der Waals surface area contributed by atoms with Crippen molar-refractivity contribution in [3.63, 3.8) is 0 Å². The molecule has 2 heterocycles. The molecule has 3 aromatic carbocycles. The van der Waals surface area contributed by atoms with E-state index in [4.69, 9.17) is 9.47 Å². The third kappa shape index (κ3) is 3.29. The zero-order valence-electron chi connectivity index (χ0n) is 17.3. The first-order valence-corrected chi connectivity index (χ1v) is 10.0. The molecule has 5 rings (SSSR count). The first-order chi connectivity index (χ1) is 15.2. The number of nitrogens with zero attached hydrogens (tertiary/aromatic N) is 1. The summed E-state index contributed by atoms with van der Waals surface area (Å²) in [5.41, 5.74) is 5.74. The van der Waals surface area contributed by atoms with Crippen LogP contribution in [0.3, 0.4) is 0 Å². The number of benzene rings is 3. The molecule has 0 fully saturated rings. The number of aliphatic hydroxyl groups excluding tert-OH is 1. The van der Waals surface area contributed by atoms with Gasteiger partial charge in [-0.05, 0) is 64.4 Å². The highest BCUT2D eigenvalue weighted by atomic mass is 16.5. The Morgan fingerprint density at radius 1 is 0.839 bits per heavy atom. The van der Waals surface area contributed by atoms with E-state index in [1.165, 1.54) is 5.39 Å². The van der Waals surface area contributed by atoms with E-state index in [-0.39, 0.29) is 6.61 Å². The topological polar surface area (TPSA) is 67.4 Å². The van der Waals surface area contributed by atoms with Crippen molar-refractivity contribution in [2.45, 2.75) is 6.61 Å². The van der Waals surface area contributed by atoms with Crippen molar-refractivity contribution in [3.8, 4) is 33.9 Å². The standard InChI is InChI=1S/C26H22N2O3/c1-30-24-14-20(12-21(15-29)26(24)31-2)25-22-13-18(4-3-16(22)7-10-28-25)17-5-6-23-19(11-17)8-9-27-23/h3-14,27,29H,15H2,1-2H3. The first kappa shape index (κ1) is 19.2. The van der Waals surface area contributed by atoms with Gasteiger partial charge in [0, 0.05) is 34.4 Å². The summed E-state index contributed by atoms with van der Waals surface area (Å²) in [6.45, 7) is -0.153. The molecule has 0 aliphatic heterocycles. The number of H-pyrrole nitrogens is 1. The molecule has 31 heavy (non-hydrogen) atoms. The lowest BCUT2D eigenvalue weighted by molar-refractivity contribution is 0.270. The number of hydrogen-bond donors (Lipinski definition) is 2. The second-order valence-electron chi connectivity index (χ2n) is 7.40. The molecular weight excluding hydrogens is 388 g/mol. The summed E-state index contributed by atoms with van der Waals surface area (Å²) >= 11 is 0. The van der Waals surface area contributed by atoms with E-state index in [2.05, 4.69) is 52.4 Å². The monoisotopic (exact) mass is 410 g/mol. The van der Waals surface area contributed by atoms with Crippen LogP contribution in [0.5, 0.6) is 11.5 Å². The van der Waals surface area contributed by atoms with Crippen LogP contribution >= 0.6 is 0 Å². The van der Waals surface area contributed by atoms with Gasteiger partial charge in [0.1, 0.15) is 0 Å². The second kappa shape index (κ2) is 7.78. The molecule has 0 bridgehead atoms. The maximum Gasteiger partial charge on any atom is 0.166 e. The molecular formula is C26H22N2O3. The Balaban J connectivity index is 1.70. The molecule has 5 heteroatoms. The molecule has 0 spiro atoms. The summed E-state index contributed by atoms with van der Waals surface area (Å²) in [6.07, 6.45) is 3.76. The maximum atomic E-state index is 9.86. The Hall–Kier alpha value is -3.83. The lowest BCUT2D eigenvalue weighted by Gasteiger charge is -2.15. The predicted octanol–water partition coefficient (Wildman–Crippen LogP) is 5.56. The van der Waals surface area contributed by atoms with Gasteiger partial charge in [-0.1, -0.05) is 18.2 Å². The minimum Gasteiger partial charge on any atom is -0.493 e. The van der Waals surface area contributed by atoms with Crippen LogP contribution in [0.4, 0.5) is 0 Å². The number of aliphatic hydroxyl groups is 1. The van der Waals surface area contributed by atoms with E-state index >= 15 is 0 Å². The Labute approximate surface area is 179 Å². The molecule has 2 aromatic heterocycles. The second-order valence-corrected chi connectivity index (χ2v) is 7.40. The number of ether oxygens (including phenoxy) is 2. The normalized spacial score (nSPS) is 11.2. The van der Waals surface area contributed by atoms with Crippen LogP contribution in [0, 0.1) is 0 Å². The summed E-state index contributed by atoms with van der Waals surface area (Å²) in [6, 6.07) is 20.7. The first-order valence-electron chi connectivity index (χ1n) is 10.0. The predicted molar refractivity (Wildman–Crippen MR) is 123 cm³/mol. The Bertz CT molecular complexity index is 1380. The number of fused-ring (bicyclic) bond motifs is 2. The van der Waals surface area contributed by atoms with Gasteiger partial charge < -0.3 is 19.6 Å². The van der Waals surface area contributed by atoms with Crippen molar-refractivity contribution in [1.29, 1.82) is 0 Å². The number of pyridine rings is 1. The van der Waals surface area contributed by atoms with Crippen molar-refractivity contribution in [2.24, 2.45) is 0 Å². The number of nitrogens with one attached hydrogen (secondary N) is 1. The molecule has 0 saturated carbocycles. The van der Waals surface area contributed by atoms with Crippen molar-refractivity contribution in [1.82, 2.24) is 9.97 Å². The summed E-state index contributed by atoms with van der Waals surface area (Å²) in [5, 5.41) is 13.2. The van der Waals surface area contributed by atoms with E-state index in [0.29, 0.717) is 17.1 Å². The smallest absolute Gasteiger partial charge is 0.166 e. The van der Waals surface area contributed by atoms with Crippen molar-refractivity contribution in [3.05, 3.63) is 78.6 Å². The molecule has 154 valence electrons. The average molecular weight is 410 g/mol. The molecule has 5 nitrogen and oxygen atoms in total. The Morgan fingerprint density at radius 3 is 2.48 bits per heavy atom. The number of rotatable bonds is 5. The molecule has 0 radical (unpaired) electrons. The molecule has 0 aliphatic carbocycles. The zero-order chi connectivity index (χ0) is 21.4. The third-order valence-corrected chi connectivity index (χ3v) is 5.65. The van der Waals surface area contributed by atoms with E-state index < -0.39 is 0 Å². The quantitative estimate of drug-likeness (QED) is 0.398. The number of aromatic amines is 1. The minimum absolute atomic E-state index is 0.153. The lowest BCUT2D eigenvalue weighted by atomic mass is 9.97. The van der Waals surface area contributed by atoms with Crippen molar-refractivity contribution in [2.75, 3.05) is 14.2 Å². The van der Waals surface area contributed by atoms with Crippen molar-refractivity contribution < 1.29 is 14.6 Å². The molecule has 0 unspecified atom stereocenters. The molecule has 0 aliphatic rings. The molecule has 0 atom stereocenters. The van der Waals surface area contributed by atoms with Crippen LogP contribution in [-0.2, 0) is 6.61 Å². The van der Waals surface area contributed by atoms with Gasteiger partial charge in [0.25, 0.3) is 0 Å². The summed E-state index contributed by atoms with van der Waals surface area (Å²) < 4.78 is 10.9. The fourth-order valence-corrected chi connectivity index (χ4v) is 4.11. The molecule has 0 amide bonds. The zero-order valence-corrected chi connectivity index (χ0v) is 17.3. The van der Waals surface area contributed by atoms with Crippen LogP contribution in [-0.4, -0.2) is 29.3 Å². The van der Waals surface area contributed by atoms with E-state index in [0.717, 1.165) is 38.7 Å². The Morgan fingerprint density at radius 2 is 1.68 bits per heavy atom. The average Bonchev–Trinajstić information content (AvgIpc) is 3.30. The van der Waals surface area contributed by atoms with Gasteiger partial charge in [-0.3, -0.25) is 4.98 Å². The minimum atomic E-state index is -0.153. The number of methoxy groups -OCH3 is 2.